The van der Waals surface area contributed by atoms with Gasteiger partial charge in [0.1, 0.15) is 0 Å². The summed E-state index contributed by atoms with van der Waals surface area (Å²) in [6, 6.07) is 0. The van der Waals surface area contributed by atoms with Crippen molar-refractivity contribution in [2.45, 2.75) is 39.7 Å². The molecule has 0 aromatic rings. The average Bonchev–Trinajstić information content (AvgIpc) is 2.13. The molecule has 0 aromatic carbocycles. The van der Waals surface area contributed by atoms with Crippen molar-refractivity contribution in [2.75, 3.05) is 33.7 Å². The summed E-state index contributed by atoms with van der Waals surface area (Å²) in [4.78, 5) is 26.8. The van der Waals surface area contributed by atoms with Crippen LogP contribution in [0, 0.1) is 0 Å². The van der Waals surface area contributed by atoms with Gasteiger partial charge in [-0.3, -0.25) is 9.59 Å². The number of carbonyl (C=O) groups is 2. The lowest BCUT2D eigenvalue weighted by molar-refractivity contribution is -0.130. The van der Waals surface area contributed by atoms with E-state index in [1.165, 1.54) is 6.92 Å². The van der Waals surface area contributed by atoms with Crippen molar-refractivity contribution in [3.05, 3.63) is 0 Å². The number of likely N-dealkylation sites (N-methyl/N-ethyl adjacent to an activating group) is 1. The third kappa shape index (κ3) is 8.98. The van der Waals surface area contributed by atoms with Crippen LogP contribution in [0.3, 0.4) is 0 Å². The first-order valence-electron chi connectivity index (χ1n) is 6.33. The van der Waals surface area contributed by atoms with E-state index in [-0.39, 0.29) is 17.4 Å². The number of rotatable bonds is 6. The standard InChI is InChI=1S/C13H27N3O2/c1-11(17)16(10-9-15(5)6)8-7-12(18)14-13(2,3)4/h7-10H2,1-6H3,(H,14,18). The third-order valence-corrected chi connectivity index (χ3v) is 2.39. The van der Waals surface area contributed by atoms with Crippen LogP contribution in [-0.2, 0) is 9.59 Å². The molecular formula is C13H27N3O2. The molecule has 1 N–H and O–H groups in total. The van der Waals surface area contributed by atoms with Gasteiger partial charge in [-0.1, -0.05) is 0 Å². The summed E-state index contributed by atoms with van der Waals surface area (Å²) in [5.41, 5.74) is -0.220. The molecule has 18 heavy (non-hydrogen) atoms. The summed E-state index contributed by atoms with van der Waals surface area (Å²) in [5.74, 6) is -0.000915. The largest absolute Gasteiger partial charge is 0.351 e. The molecule has 0 saturated carbocycles. The minimum absolute atomic E-state index is 0.0143. The highest BCUT2D eigenvalue weighted by atomic mass is 16.2. The summed E-state index contributed by atoms with van der Waals surface area (Å²) in [7, 11) is 3.93. The molecule has 0 aliphatic rings. The first-order chi connectivity index (χ1) is 8.11. The summed E-state index contributed by atoms with van der Waals surface area (Å²) in [5, 5.41) is 2.89. The Hall–Kier alpha value is -1.10. The Balaban J connectivity index is 4.11. The summed E-state index contributed by atoms with van der Waals surface area (Å²) >= 11 is 0. The zero-order chi connectivity index (χ0) is 14.3. The van der Waals surface area contributed by atoms with Crippen molar-refractivity contribution in [3.63, 3.8) is 0 Å². The zero-order valence-electron chi connectivity index (χ0n) is 12.5. The van der Waals surface area contributed by atoms with Gasteiger partial charge in [-0.25, -0.2) is 0 Å². The normalized spacial score (nSPS) is 11.5. The molecule has 0 atom stereocenters. The van der Waals surface area contributed by atoms with Gasteiger partial charge in [-0.15, -0.1) is 0 Å². The predicted octanol–water partition coefficient (Wildman–Crippen LogP) is 0.701. The summed E-state index contributed by atoms with van der Waals surface area (Å²) in [6.45, 7) is 9.31. The van der Waals surface area contributed by atoms with Crippen LogP contribution in [0.5, 0.6) is 0 Å². The Labute approximate surface area is 111 Å². The average molecular weight is 257 g/mol. The quantitative estimate of drug-likeness (QED) is 0.762. The van der Waals surface area contributed by atoms with E-state index in [1.807, 2.05) is 39.8 Å². The number of amides is 2. The third-order valence-electron chi connectivity index (χ3n) is 2.39. The van der Waals surface area contributed by atoms with Crippen molar-refractivity contribution in [1.29, 1.82) is 0 Å². The summed E-state index contributed by atoms with van der Waals surface area (Å²) in [6.07, 6.45) is 0.351. The van der Waals surface area contributed by atoms with Gasteiger partial charge in [0, 0.05) is 38.5 Å². The van der Waals surface area contributed by atoms with Gasteiger partial charge >= 0.3 is 0 Å². The minimum atomic E-state index is -0.220. The highest BCUT2D eigenvalue weighted by Gasteiger charge is 2.15. The van der Waals surface area contributed by atoms with Gasteiger partial charge in [-0.05, 0) is 34.9 Å². The number of hydrogen-bond acceptors (Lipinski definition) is 3. The Morgan fingerprint density at radius 1 is 1.06 bits per heavy atom. The van der Waals surface area contributed by atoms with Crippen LogP contribution in [-0.4, -0.2) is 60.9 Å². The lowest BCUT2D eigenvalue weighted by Crippen LogP contribution is -2.43. The molecule has 0 heterocycles. The Morgan fingerprint density at radius 2 is 1.61 bits per heavy atom. The molecule has 0 fully saturated rings. The highest BCUT2D eigenvalue weighted by molar-refractivity contribution is 5.78. The molecule has 0 radical (unpaired) electrons. The first-order valence-corrected chi connectivity index (χ1v) is 6.33. The van der Waals surface area contributed by atoms with Crippen LogP contribution >= 0.6 is 0 Å². The molecular weight excluding hydrogens is 230 g/mol. The van der Waals surface area contributed by atoms with E-state index in [2.05, 4.69) is 5.32 Å². The van der Waals surface area contributed by atoms with Crippen LogP contribution in [0.1, 0.15) is 34.1 Å². The second-order valence-electron chi connectivity index (χ2n) is 5.86. The van der Waals surface area contributed by atoms with Crippen LogP contribution < -0.4 is 5.32 Å². The fourth-order valence-electron chi connectivity index (χ4n) is 1.46. The van der Waals surface area contributed by atoms with Crippen LogP contribution in [0.25, 0.3) is 0 Å². The molecule has 0 aliphatic heterocycles. The molecule has 0 saturated heterocycles. The van der Waals surface area contributed by atoms with Gasteiger partial charge in [-0.2, -0.15) is 0 Å². The Bertz CT molecular complexity index is 282. The molecule has 0 unspecified atom stereocenters. The molecule has 106 valence electrons. The van der Waals surface area contributed by atoms with E-state index in [0.29, 0.717) is 19.5 Å². The van der Waals surface area contributed by atoms with E-state index in [1.54, 1.807) is 4.90 Å². The SMILES string of the molecule is CC(=O)N(CCC(=O)NC(C)(C)C)CCN(C)C. The van der Waals surface area contributed by atoms with Crippen molar-refractivity contribution in [1.82, 2.24) is 15.1 Å². The van der Waals surface area contributed by atoms with E-state index >= 15 is 0 Å². The van der Waals surface area contributed by atoms with Gasteiger partial charge in [0.25, 0.3) is 0 Å². The molecule has 0 bridgehead atoms. The van der Waals surface area contributed by atoms with Crippen molar-refractivity contribution < 1.29 is 9.59 Å². The van der Waals surface area contributed by atoms with E-state index in [0.717, 1.165) is 6.54 Å². The van der Waals surface area contributed by atoms with Gasteiger partial charge < -0.3 is 15.1 Å². The molecule has 5 heteroatoms. The maximum absolute atomic E-state index is 11.7. The zero-order valence-corrected chi connectivity index (χ0v) is 12.5. The fourth-order valence-corrected chi connectivity index (χ4v) is 1.46. The molecule has 0 rings (SSSR count). The van der Waals surface area contributed by atoms with Crippen LogP contribution in [0.15, 0.2) is 0 Å². The molecule has 5 nitrogen and oxygen atoms in total. The molecule has 0 aliphatic carbocycles. The molecule has 0 aromatic heterocycles. The second-order valence-corrected chi connectivity index (χ2v) is 5.86. The number of hydrogen-bond donors (Lipinski definition) is 1. The number of nitrogens with zero attached hydrogens (tertiary/aromatic N) is 2. The predicted molar refractivity (Wildman–Crippen MR) is 73.3 cm³/mol. The van der Waals surface area contributed by atoms with Crippen molar-refractivity contribution >= 4 is 11.8 Å². The maximum Gasteiger partial charge on any atom is 0.222 e. The topological polar surface area (TPSA) is 52.7 Å². The van der Waals surface area contributed by atoms with Gasteiger partial charge in [0.15, 0.2) is 0 Å². The van der Waals surface area contributed by atoms with Gasteiger partial charge in [0.05, 0.1) is 0 Å². The Kier molecular flexibility index (Phi) is 6.91. The molecule has 0 spiro atoms. The highest BCUT2D eigenvalue weighted by Crippen LogP contribution is 2.00. The van der Waals surface area contributed by atoms with Crippen LogP contribution in [0.2, 0.25) is 0 Å². The lowest BCUT2D eigenvalue weighted by atomic mass is 10.1. The number of nitrogens with one attached hydrogen (secondary N) is 1. The molecule has 2 amide bonds. The second kappa shape index (κ2) is 7.36. The van der Waals surface area contributed by atoms with E-state index < -0.39 is 0 Å². The fraction of sp³-hybridized carbons (Fsp3) is 0.846. The van der Waals surface area contributed by atoms with Crippen molar-refractivity contribution in [3.8, 4) is 0 Å². The smallest absolute Gasteiger partial charge is 0.222 e. The van der Waals surface area contributed by atoms with E-state index in [4.69, 9.17) is 0 Å². The van der Waals surface area contributed by atoms with Gasteiger partial charge in [0.2, 0.25) is 11.8 Å². The van der Waals surface area contributed by atoms with E-state index in [9.17, 15) is 9.59 Å². The monoisotopic (exact) mass is 257 g/mol. The first kappa shape index (κ1) is 16.9. The Morgan fingerprint density at radius 3 is 2.00 bits per heavy atom. The maximum atomic E-state index is 11.7. The number of carbonyl (C=O) groups excluding carboxylic acids is 2. The van der Waals surface area contributed by atoms with Crippen LogP contribution in [0.4, 0.5) is 0 Å². The summed E-state index contributed by atoms with van der Waals surface area (Å²) < 4.78 is 0. The lowest BCUT2D eigenvalue weighted by Gasteiger charge is -2.24. The minimum Gasteiger partial charge on any atom is -0.351 e. The van der Waals surface area contributed by atoms with Crippen molar-refractivity contribution in [2.24, 2.45) is 0 Å².